The summed E-state index contributed by atoms with van der Waals surface area (Å²) in [5.74, 6) is 1.22. The van der Waals surface area contributed by atoms with Crippen LogP contribution < -0.4 is 10.2 Å². The van der Waals surface area contributed by atoms with Crippen molar-refractivity contribution in [2.24, 2.45) is 0 Å². The van der Waals surface area contributed by atoms with Gasteiger partial charge in [-0.3, -0.25) is 9.89 Å². The van der Waals surface area contributed by atoms with Gasteiger partial charge >= 0.3 is 0 Å². The van der Waals surface area contributed by atoms with Crippen molar-refractivity contribution < 1.29 is 4.79 Å². The number of anilines is 2. The fourth-order valence-electron chi connectivity index (χ4n) is 1.68. The molecule has 0 spiro atoms. The van der Waals surface area contributed by atoms with Gasteiger partial charge in [-0.25, -0.2) is 4.98 Å². The van der Waals surface area contributed by atoms with Gasteiger partial charge < -0.3 is 10.2 Å². The van der Waals surface area contributed by atoms with Crippen LogP contribution in [0, 0.1) is 0 Å². The lowest BCUT2D eigenvalue weighted by Gasteiger charge is -2.12. The molecule has 0 aliphatic heterocycles. The molecule has 0 radical (unpaired) electrons. The van der Waals surface area contributed by atoms with Gasteiger partial charge in [0, 0.05) is 31.4 Å². The van der Waals surface area contributed by atoms with E-state index in [1.165, 1.54) is 0 Å². The van der Waals surface area contributed by atoms with Crippen LogP contribution in [0.5, 0.6) is 0 Å². The minimum Gasteiger partial charge on any atom is -0.363 e. The molecule has 2 rings (SSSR count). The first-order chi connectivity index (χ1) is 9.11. The number of amides is 1. The van der Waals surface area contributed by atoms with Gasteiger partial charge in [-0.05, 0) is 18.6 Å². The molecule has 0 bridgehead atoms. The Balaban J connectivity index is 2.18. The summed E-state index contributed by atoms with van der Waals surface area (Å²) in [5.41, 5.74) is 1.55. The van der Waals surface area contributed by atoms with E-state index in [1.54, 1.807) is 24.5 Å². The number of carbonyl (C=O) groups is 1. The number of aromatic nitrogens is 3. The zero-order valence-corrected chi connectivity index (χ0v) is 11.3. The van der Waals surface area contributed by atoms with E-state index in [9.17, 15) is 4.79 Å². The van der Waals surface area contributed by atoms with Crippen molar-refractivity contribution in [2.75, 3.05) is 24.3 Å². The topological polar surface area (TPSA) is 73.9 Å². The number of H-pyrrole nitrogens is 1. The largest absolute Gasteiger partial charge is 0.363 e. The average Bonchev–Trinajstić information content (AvgIpc) is 2.86. The van der Waals surface area contributed by atoms with Crippen LogP contribution in [0.4, 0.5) is 11.6 Å². The van der Waals surface area contributed by atoms with Crippen molar-refractivity contribution in [3.05, 3.63) is 35.7 Å². The second-order valence-corrected chi connectivity index (χ2v) is 4.38. The van der Waals surface area contributed by atoms with Gasteiger partial charge in [0.1, 0.15) is 11.6 Å². The number of hydrogen-bond donors (Lipinski definition) is 2. The van der Waals surface area contributed by atoms with Crippen LogP contribution >= 0.6 is 0 Å². The molecule has 100 valence electrons. The quantitative estimate of drug-likeness (QED) is 0.876. The van der Waals surface area contributed by atoms with Gasteiger partial charge in [-0.1, -0.05) is 6.92 Å². The summed E-state index contributed by atoms with van der Waals surface area (Å²) in [4.78, 5) is 18.2. The Bertz CT molecular complexity index is 576. The number of carbonyl (C=O) groups excluding carboxylic acids is 1. The smallest absolute Gasteiger partial charge is 0.257 e. The summed E-state index contributed by atoms with van der Waals surface area (Å²) in [6.45, 7) is 2.01. The highest BCUT2D eigenvalue weighted by Crippen LogP contribution is 2.14. The summed E-state index contributed by atoms with van der Waals surface area (Å²) in [6, 6.07) is 3.43. The predicted molar refractivity (Wildman–Crippen MR) is 74.5 cm³/mol. The van der Waals surface area contributed by atoms with Crippen molar-refractivity contribution >= 4 is 17.5 Å². The van der Waals surface area contributed by atoms with Crippen LogP contribution in [0.1, 0.15) is 22.8 Å². The number of aromatic amines is 1. The Morgan fingerprint density at radius 1 is 1.47 bits per heavy atom. The molecule has 2 N–H and O–H groups in total. The maximum atomic E-state index is 12.1. The maximum Gasteiger partial charge on any atom is 0.257 e. The van der Waals surface area contributed by atoms with Gasteiger partial charge in [0.15, 0.2) is 0 Å². The lowest BCUT2D eigenvalue weighted by molar-refractivity contribution is 0.102. The molecule has 0 saturated carbocycles. The molecule has 0 saturated heterocycles. The Hall–Kier alpha value is -2.37. The van der Waals surface area contributed by atoms with Gasteiger partial charge in [0.05, 0.1) is 6.20 Å². The molecule has 1 amide bonds. The third-order valence-electron chi connectivity index (χ3n) is 2.80. The van der Waals surface area contributed by atoms with Crippen LogP contribution in [0.2, 0.25) is 0 Å². The summed E-state index contributed by atoms with van der Waals surface area (Å²) < 4.78 is 0. The highest BCUT2D eigenvalue weighted by Gasteiger charge is 2.11. The van der Waals surface area contributed by atoms with E-state index in [0.717, 1.165) is 17.8 Å². The second-order valence-electron chi connectivity index (χ2n) is 4.38. The van der Waals surface area contributed by atoms with E-state index in [-0.39, 0.29) is 5.91 Å². The Morgan fingerprint density at radius 2 is 2.26 bits per heavy atom. The molecule has 2 aromatic heterocycles. The SMILES string of the molecule is CCc1cn[nH]c1NC(=O)c1ccnc(N(C)C)c1. The Kier molecular flexibility index (Phi) is 3.79. The number of hydrogen-bond acceptors (Lipinski definition) is 4. The zero-order valence-electron chi connectivity index (χ0n) is 11.3. The maximum absolute atomic E-state index is 12.1. The summed E-state index contributed by atoms with van der Waals surface area (Å²) in [6.07, 6.45) is 4.15. The van der Waals surface area contributed by atoms with Gasteiger partial charge in [-0.2, -0.15) is 5.10 Å². The van der Waals surface area contributed by atoms with Crippen molar-refractivity contribution in [2.45, 2.75) is 13.3 Å². The molecule has 6 nitrogen and oxygen atoms in total. The summed E-state index contributed by atoms with van der Waals surface area (Å²) in [7, 11) is 3.77. The van der Waals surface area contributed by atoms with E-state index >= 15 is 0 Å². The minimum absolute atomic E-state index is 0.176. The average molecular weight is 259 g/mol. The molecule has 0 atom stereocenters. The third-order valence-corrected chi connectivity index (χ3v) is 2.80. The van der Waals surface area contributed by atoms with Crippen LogP contribution in [-0.2, 0) is 6.42 Å². The highest BCUT2D eigenvalue weighted by atomic mass is 16.1. The van der Waals surface area contributed by atoms with Gasteiger partial charge in [0.25, 0.3) is 5.91 Å². The fourth-order valence-corrected chi connectivity index (χ4v) is 1.68. The highest BCUT2D eigenvalue weighted by molar-refractivity contribution is 6.04. The molecule has 0 fully saturated rings. The van der Waals surface area contributed by atoms with Crippen molar-refractivity contribution in [1.29, 1.82) is 0 Å². The number of nitrogens with zero attached hydrogens (tertiary/aromatic N) is 3. The number of pyridine rings is 1. The van der Waals surface area contributed by atoms with Crippen molar-refractivity contribution in [1.82, 2.24) is 15.2 Å². The summed E-state index contributed by atoms with van der Waals surface area (Å²) in [5, 5.41) is 9.53. The van der Waals surface area contributed by atoms with Crippen LogP contribution in [0.3, 0.4) is 0 Å². The molecule has 0 aliphatic rings. The summed E-state index contributed by atoms with van der Waals surface area (Å²) >= 11 is 0. The molecule has 0 unspecified atom stereocenters. The van der Waals surface area contributed by atoms with E-state index in [0.29, 0.717) is 11.4 Å². The number of aryl methyl sites for hydroxylation is 1. The second kappa shape index (κ2) is 5.51. The first kappa shape index (κ1) is 13.1. The zero-order chi connectivity index (χ0) is 13.8. The van der Waals surface area contributed by atoms with Gasteiger partial charge in [0.2, 0.25) is 0 Å². The van der Waals surface area contributed by atoms with E-state index < -0.39 is 0 Å². The monoisotopic (exact) mass is 259 g/mol. The van der Waals surface area contributed by atoms with E-state index in [1.807, 2.05) is 25.9 Å². The van der Waals surface area contributed by atoms with Crippen molar-refractivity contribution in [3.8, 4) is 0 Å². The molecule has 2 heterocycles. The minimum atomic E-state index is -0.176. The lowest BCUT2D eigenvalue weighted by Crippen LogP contribution is -2.16. The molecule has 0 aromatic carbocycles. The molecule has 0 aliphatic carbocycles. The van der Waals surface area contributed by atoms with Crippen molar-refractivity contribution in [3.63, 3.8) is 0 Å². The van der Waals surface area contributed by atoms with Crippen LogP contribution in [0.25, 0.3) is 0 Å². The number of nitrogens with one attached hydrogen (secondary N) is 2. The van der Waals surface area contributed by atoms with Crippen LogP contribution in [-0.4, -0.2) is 35.2 Å². The van der Waals surface area contributed by atoms with E-state index in [4.69, 9.17) is 0 Å². The lowest BCUT2D eigenvalue weighted by atomic mass is 10.2. The Morgan fingerprint density at radius 3 is 2.95 bits per heavy atom. The standard InChI is InChI=1S/C13H17N5O/c1-4-9-8-15-17-12(9)16-13(19)10-5-6-14-11(7-10)18(2)3/h5-8H,4H2,1-3H3,(H2,15,16,17,19). The fraction of sp³-hybridized carbons (Fsp3) is 0.308. The first-order valence-corrected chi connectivity index (χ1v) is 6.08. The van der Waals surface area contributed by atoms with E-state index in [2.05, 4.69) is 20.5 Å². The first-order valence-electron chi connectivity index (χ1n) is 6.08. The molecular formula is C13H17N5O. The molecule has 6 heteroatoms. The normalized spacial score (nSPS) is 10.3. The predicted octanol–water partition coefficient (Wildman–Crippen LogP) is 1.69. The number of rotatable bonds is 4. The van der Waals surface area contributed by atoms with Gasteiger partial charge in [-0.15, -0.1) is 0 Å². The Labute approximate surface area is 111 Å². The molecule has 2 aromatic rings. The van der Waals surface area contributed by atoms with Crippen LogP contribution in [0.15, 0.2) is 24.5 Å². The molecular weight excluding hydrogens is 242 g/mol. The molecule has 19 heavy (non-hydrogen) atoms. The third kappa shape index (κ3) is 2.90.